The van der Waals surface area contributed by atoms with Crippen LogP contribution in [0.15, 0.2) is 35.9 Å². The third-order valence-electron chi connectivity index (χ3n) is 3.53. The molecule has 2 rings (SSSR count). The average Bonchev–Trinajstić information content (AvgIpc) is 2.46. The Bertz CT molecular complexity index is 567. The van der Waals surface area contributed by atoms with E-state index in [1.54, 1.807) is 18.2 Å². The summed E-state index contributed by atoms with van der Waals surface area (Å²) in [6.45, 7) is 0. The van der Waals surface area contributed by atoms with Crippen molar-refractivity contribution in [2.45, 2.75) is 44.4 Å². The number of carbonyl (C=O) groups is 1. The van der Waals surface area contributed by atoms with Crippen LogP contribution in [0.25, 0.3) is 0 Å². The molecule has 2 nitrogen and oxygen atoms in total. The molecule has 0 aromatic heterocycles. The van der Waals surface area contributed by atoms with Gasteiger partial charge in [-0.15, -0.1) is 0 Å². The Kier molecular flexibility index (Phi) is 5.88. The maximum atomic E-state index is 12.4. The predicted octanol–water partition coefficient (Wildman–Crippen LogP) is 5.27. The van der Waals surface area contributed by atoms with Gasteiger partial charge in [0.25, 0.3) is 0 Å². The van der Waals surface area contributed by atoms with Crippen molar-refractivity contribution in [2.75, 3.05) is 0 Å². The monoisotopic (exact) mass is 424 g/mol. The van der Waals surface area contributed by atoms with Crippen molar-refractivity contribution in [3.8, 4) is 0 Å². The van der Waals surface area contributed by atoms with E-state index in [4.69, 9.17) is 4.74 Å². The normalized spacial score (nSPS) is 20.9. The largest absolute Gasteiger partial charge is 0.454 e. The van der Waals surface area contributed by atoms with Gasteiger partial charge in [0.15, 0.2) is 0 Å². The minimum Gasteiger partial charge on any atom is -0.454 e. The van der Waals surface area contributed by atoms with Crippen LogP contribution in [0.4, 0.5) is 13.2 Å². The number of rotatable bonds is 3. The fourth-order valence-electron chi connectivity index (χ4n) is 2.44. The summed E-state index contributed by atoms with van der Waals surface area (Å²) in [4.78, 5) is 12.2. The maximum Gasteiger partial charge on any atom is 0.392 e. The van der Waals surface area contributed by atoms with Crippen LogP contribution in [0.5, 0.6) is 0 Å². The second-order valence-corrected chi connectivity index (χ2v) is 6.38. The van der Waals surface area contributed by atoms with E-state index in [1.807, 2.05) is 28.7 Å². The van der Waals surface area contributed by atoms with Gasteiger partial charge in [-0.05, 0) is 66.0 Å². The number of halogens is 4. The van der Waals surface area contributed by atoms with E-state index >= 15 is 0 Å². The molecule has 0 radical (unpaired) electrons. The molecular weight excluding hydrogens is 408 g/mol. The highest BCUT2D eigenvalue weighted by Crippen LogP contribution is 2.30. The minimum atomic E-state index is -4.23. The third-order valence-corrected chi connectivity index (χ3v) is 4.47. The molecule has 1 saturated carbocycles. The van der Waals surface area contributed by atoms with Crippen molar-refractivity contribution in [2.24, 2.45) is 0 Å². The first-order valence-corrected chi connectivity index (χ1v) is 8.16. The van der Waals surface area contributed by atoms with Crippen molar-refractivity contribution in [1.29, 1.82) is 0 Å². The summed E-state index contributed by atoms with van der Waals surface area (Å²) in [7, 11) is 0. The first-order chi connectivity index (χ1) is 10.4. The van der Waals surface area contributed by atoms with Crippen LogP contribution in [0, 0.1) is 3.57 Å². The van der Waals surface area contributed by atoms with E-state index in [0.29, 0.717) is 24.0 Å². The fraction of sp³-hybridized carbons (Fsp3) is 0.438. The molecule has 6 heteroatoms. The molecule has 22 heavy (non-hydrogen) atoms. The number of hydrogen-bond acceptors (Lipinski definition) is 2. The topological polar surface area (TPSA) is 26.3 Å². The van der Waals surface area contributed by atoms with Gasteiger partial charge in [-0.25, -0.2) is 4.79 Å². The fourth-order valence-corrected chi connectivity index (χ4v) is 3.05. The maximum absolute atomic E-state index is 12.4. The quantitative estimate of drug-likeness (QED) is 0.376. The average molecular weight is 424 g/mol. The zero-order valence-corrected chi connectivity index (χ0v) is 14.0. The Balaban J connectivity index is 2.09. The number of carbonyl (C=O) groups excluding carboxylic acids is 1. The smallest absolute Gasteiger partial charge is 0.392 e. The highest BCUT2D eigenvalue weighted by Gasteiger charge is 2.28. The van der Waals surface area contributed by atoms with Crippen LogP contribution >= 0.6 is 22.6 Å². The van der Waals surface area contributed by atoms with Gasteiger partial charge in [-0.3, -0.25) is 0 Å². The van der Waals surface area contributed by atoms with E-state index in [9.17, 15) is 18.0 Å². The second-order valence-electron chi connectivity index (χ2n) is 5.22. The van der Waals surface area contributed by atoms with Gasteiger partial charge in [0, 0.05) is 3.57 Å². The van der Waals surface area contributed by atoms with Crippen LogP contribution < -0.4 is 0 Å². The van der Waals surface area contributed by atoms with Gasteiger partial charge in [0.2, 0.25) is 0 Å². The molecule has 0 saturated heterocycles. The van der Waals surface area contributed by atoms with E-state index in [0.717, 1.165) is 16.4 Å². The van der Waals surface area contributed by atoms with Gasteiger partial charge in [0.1, 0.15) is 6.10 Å². The Morgan fingerprint density at radius 1 is 1.32 bits per heavy atom. The molecule has 0 heterocycles. The van der Waals surface area contributed by atoms with E-state index in [1.165, 1.54) is 6.08 Å². The van der Waals surface area contributed by atoms with Gasteiger partial charge < -0.3 is 4.74 Å². The molecule has 0 spiro atoms. The lowest BCUT2D eigenvalue weighted by atomic mass is 9.91. The van der Waals surface area contributed by atoms with Crippen molar-refractivity contribution >= 4 is 28.6 Å². The number of benzene rings is 1. The van der Waals surface area contributed by atoms with Gasteiger partial charge in [-0.1, -0.05) is 18.2 Å². The molecule has 1 aromatic rings. The molecule has 0 bridgehead atoms. The molecule has 1 aliphatic carbocycles. The third kappa shape index (κ3) is 5.00. The van der Waals surface area contributed by atoms with Crippen molar-refractivity contribution in [3.05, 3.63) is 45.0 Å². The van der Waals surface area contributed by atoms with Gasteiger partial charge >= 0.3 is 12.1 Å². The standard InChI is InChI=1S/C16H16F3IO2/c17-16(18,19)10-9-11-5-1-4-8-14(11)22-15(21)12-6-2-3-7-13(12)20/h2-3,6-7,9,14H,1,4-5,8,10H2/b11-9+/t14-/m1/s1. The number of hydrogen-bond donors (Lipinski definition) is 0. The Labute approximate surface area is 140 Å². The number of alkyl halides is 3. The summed E-state index contributed by atoms with van der Waals surface area (Å²) in [5.41, 5.74) is 1.03. The molecule has 0 N–H and O–H groups in total. The lowest BCUT2D eigenvalue weighted by molar-refractivity contribution is -0.125. The Hall–Kier alpha value is -1.05. The van der Waals surface area contributed by atoms with Gasteiger partial charge in [-0.2, -0.15) is 13.2 Å². The van der Waals surface area contributed by atoms with E-state index in [-0.39, 0.29) is 0 Å². The van der Waals surface area contributed by atoms with Gasteiger partial charge in [0.05, 0.1) is 12.0 Å². The first-order valence-electron chi connectivity index (χ1n) is 7.08. The summed E-state index contributed by atoms with van der Waals surface area (Å²) in [5, 5.41) is 0. The van der Waals surface area contributed by atoms with Crippen molar-refractivity contribution in [3.63, 3.8) is 0 Å². The number of ether oxygens (including phenoxy) is 1. The SMILES string of the molecule is O=C(O[C@@H]1CCCC/C1=C\CC(F)(F)F)c1ccccc1I. The molecule has 1 aliphatic rings. The predicted molar refractivity (Wildman–Crippen MR) is 85.6 cm³/mol. The number of allylic oxidation sites excluding steroid dienone is 1. The molecule has 0 amide bonds. The molecule has 120 valence electrons. The highest BCUT2D eigenvalue weighted by molar-refractivity contribution is 14.1. The summed E-state index contributed by atoms with van der Waals surface area (Å²) in [6, 6.07) is 7.00. The lowest BCUT2D eigenvalue weighted by Crippen LogP contribution is -2.24. The zero-order chi connectivity index (χ0) is 16.2. The van der Waals surface area contributed by atoms with E-state index in [2.05, 4.69) is 0 Å². The molecule has 0 unspecified atom stereocenters. The molecular formula is C16H16F3IO2. The van der Waals surface area contributed by atoms with Crippen LogP contribution in [0.2, 0.25) is 0 Å². The lowest BCUT2D eigenvalue weighted by Gasteiger charge is -2.26. The summed E-state index contributed by atoms with van der Waals surface area (Å²) >= 11 is 2.04. The van der Waals surface area contributed by atoms with Crippen LogP contribution in [0.3, 0.4) is 0 Å². The molecule has 1 atom stereocenters. The van der Waals surface area contributed by atoms with Crippen LogP contribution in [-0.2, 0) is 4.74 Å². The Morgan fingerprint density at radius 2 is 2.05 bits per heavy atom. The van der Waals surface area contributed by atoms with E-state index < -0.39 is 24.7 Å². The minimum absolute atomic E-state index is 0.448. The number of esters is 1. The Morgan fingerprint density at radius 3 is 2.73 bits per heavy atom. The summed E-state index contributed by atoms with van der Waals surface area (Å²) in [6.07, 6.45) is -1.74. The zero-order valence-electron chi connectivity index (χ0n) is 11.8. The first kappa shape index (κ1) is 17.3. The molecule has 1 fully saturated rings. The molecule has 1 aromatic carbocycles. The second kappa shape index (κ2) is 7.48. The van der Waals surface area contributed by atoms with Crippen molar-refractivity contribution < 1.29 is 22.7 Å². The molecule has 0 aliphatic heterocycles. The van der Waals surface area contributed by atoms with Crippen molar-refractivity contribution in [1.82, 2.24) is 0 Å². The highest BCUT2D eigenvalue weighted by atomic mass is 127. The summed E-state index contributed by atoms with van der Waals surface area (Å²) in [5.74, 6) is -0.477. The van der Waals surface area contributed by atoms with Crippen LogP contribution in [-0.4, -0.2) is 18.2 Å². The summed E-state index contributed by atoms with van der Waals surface area (Å²) < 4.78 is 43.3. The van der Waals surface area contributed by atoms with Crippen LogP contribution in [0.1, 0.15) is 42.5 Å².